The third-order valence-electron chi connectivity index (χ3n) is 2.72. The Hall–Kier alpha value is -0.303. The van der Waals surface area contributed by atoms with Crippen molar-refractivity contribution in [3.05, 3.63) is 17.5 Å². The topological polar surface area (TPSA) is 20.2 Å². The molecule has 0 aromatic rings. The van der Waals surface area contributed by atoms with E-state index in [1.807, 2.05) is 0 Å². The first-order valence-electron chi connectivity index (χ1n) is 5.95. The fourth-order valence-electron chi connectivity index (χ4n) is 2.33. The van der Waals surface area contributed by atoms with Gasteiger partial charge < -0.3 is 5.11 Å². The Labute approximate surface area is 95.9 Å². The van der Waals surface area contributed by atoms with Gasteiger partial charge in [-0.15, -0.1) is 5.73 Å². The summed E-state index contributed by atoms with van der Waals surface area (Å²) in [5.74, 6) is 0. The molecule has 0 saturated carbocycles. The lowest BCUT2D eigenvalue weighted by atomic mass is 9.92. The summed E-state index contributed by atoms with van der Waals surface area (Å²) >= 11 is 0. The minimum absolute atomic E-state index is 0.643. The maximum atomic E-state index is 10.7. The van der Waals surface area contributed by atoms with E-state index in [2.05, 4.69) is 45.8 Å². The van der Waals surface area contributed by atoms with Gasteiger partial charge in [0.25, 0.3) is 0 Å². The molecule has 0 rings (SSSR count). The van der Waals surface area contributed by atoms with Gasteiger partial charge in [-0.2, -0.15) is 0 Å². The van der Waals surface area contributed by atoms with E-state index < -0.39 is 13.7 Å². The van der Waals surface area contributed by atoms with Crippen LogP contribution in [0.3, 0.4) is 0 Å². The van der Waals surface area contributed by atoms with Crippen LogP contribution in [0, 0.1) is 0 Å². The van der Waals surface area contributed by atoms with Crippen molar-refractivity contribution in [1.82, 2.24) is 0 Å². The second-order valence-electron chi connectivity index (χ2n) is 5.33. The van der Waals surface area contributed by atoms with Gasteiger partial charge in [0.1, 0.15) is 0 Å². The Morgan fingerprint density at radius 3 is 1.80 bits per heavy atom. The number of hydrogen-bond donors (Lipinski definition) is 1. The van der Waals surface area contributed by atoms with Crippen molar-refractivity contribution in [2.24, 2.45) is 0 Å². The largest absolute Gasteiger partial charge is 0.385 e. The van der Waals surface area contributed by atoms with Crippen LogP contribution in [0.25, 0.3) is 0 Å². The molecule has 88 valence electrons. The number of hydrogen-bond acceptors (Lipinski definition) is 1. The molecule has 1 N–H and O–H groups in total. The molecule has 0 aliphatic carbocycles. The Kier molecular flexibility index (Phi) is 5.58. The molecule has 0 bridgehead atoms. The standard InChI is InChI=1S/C13H26OSi/c1-7-10-13(14,11-8-2)12(9-3)15(4,5)6/h14H,3,7-8,10-11H2,1-2,4-6H3. The predicted molar refractivity (Wildman–Crippen MR) is 70.8 cm³/mol. The summed E-state index contributed by atoms with van der Waals surface area (Å²) in [6.07, 6.45) is 3.68. The van der Waals surface area contributed by atoms with Crippen LogP contribution in [0.4, 0.5) is 0 Å². The average molecular weight is 226 g/mol. The van der Waals surface area contributed by atoms with Crippen LogP contribution in [0.15, 0.2) is 17.5 Å². The van der Waals surface area contributed by atoms with E-state index in [4.69, 9.17) is 0 Å². The molecule has 15 heavy (non-hydrogen) atoms. The van der Waals surface area contributed by atoms with Crippen molar-refractivity contribution in [1.29, 1.82) is 0 Å². The molecule has 0 heterocycles. The second kappa shape index (κ2) is 5.69. The Bertz CT molecular complexity index is 238. The summed E-state index contributed by atoms with van der Waals surface area (Å²) in [4.78, 5) is 0. The third kappa shape index (κ3) is 3.98. The lowest BCUT2D eigenvalue weighted by Crippen LogP contribution is -2.42. The monoisotopic (exact) mass is 226 g/mol. The van der Waals surface area contributed by atoms with Gasteiger partial charge in [0.15, 0.2) is 0 Å². The van der Waals surface area contributed by atoms with Gasteiger partial charge in [-0.3, -0.25) is 0 Å². The zero-order valence-electron chi connectivity index (χ0n) is 11.0. The minimum atomic E-state index is -1.50. The van der Waals surface area contributed by atoms with Crippen molar-refractivity contribution < 1.29 is 5.11 Å². The molecular weight excluding hydrogens is 200 g/mol. The van der Waals surface area contributed by atoms with Crippen LogP contribution >= 0.6 is 0 Å². The molecule has 0 amide bonds. The molecule has 0 unspecified atom stereocenters. The molecule has 0 aliphatic heterocycles. The fourth-order valence-corrected chi connectivity index (χ4v) is 4.51. The second-order valence-corrected chi connectivity index (χ2v) is 10.3. The van der Waals surface area contributed by atoms with Crippen LogP contribution in [0.1, 0.15) is 39.5 Å². The summed E-state index contributed by atoms with van der Waals surface area (Å²) in [5.41, 5.74) is 2.39. The maximum Gasteiger partial charge on any atom is 0.0893 e. The van der Waals surface area contributed by atoms with E-state index >= 15 is 0 Å². The molecule has 0 radical (unpaired) electrons. The van der Waals surface area contributed by atoms with E-state index in [-0.39, 0.29) is 0 Å². The van der Waals surface area contributed by atoms with E-state index in [9.17, 15) is 5.11 Å². The molecule has 0 atom stereocenters. The van der Waals surface area contributed by atoms with Gasteiger partial charge in [0.05, 0.1) is 13.7 Å². The highest BCUT2D eigenvalue weighted by atomic mass is 28.3. The van der Waals surface area contributed by atoms with Gasteiger partial charge >= 0.3 is 0 Å². The van der Waals surface area contributed by atoms with Crippen molar-refractivity contribution in [3.8, 4) is 0 Å². The summed E-state index contributed by atoms with van der Waals surface area (Å²) in [6.45, 7) is 14.7. The molecule has 0 spiro atoms. The summed E-state index contributed by atoms with van der Waals surface area (Å²) in [7, 11) is -1.50. The highest BCUT2D eigenvalue weighted by Crippen LogP contribution is 2.33. The third-order valence-corrected chi connectivity index (χ3v) is 4.86. The molecule has 0 aromatic heterocycles. The van der Waals surface area contributed by atoms with Gasteiger partial charge in [0.2, 0.25) is 0 Å². The zero-order chi connectivity index (χ0) is 12.1. The molecule has 0 saturated heterocycles. The quantitative estimate of drug-likeness (QED) is 0.538. The fraction of sp³-hybridized carbons (Fsp3) is 0.769. The smallest absolute Gasteiger partial charge is 0.0893 e. The highest BCUT2D eigenvalue weighted by Gasteiger charge is 2.37. The summed E-state index contributed by atoms with van der Waals surface area (Å²) in [6, 6.07) is 0. The van der Waals surface area contributed by atoms with E-state index in [1.54, 1.807) is 0 Å². The van der Waals surface area contributed by atoms with Crippen molar-refractivity contribution in [2.45, 2.75) is 64.8 Å². The van der Waals surface area contributed by atoms with Gasteiger partial charge in [-0.05, 0) is 18.0 Å². The maximum absolute atomic E-state index is 10.7. The van der Waals surface area contributed by atoms with Crippen LogP contribution < -0.4 is 0 Å². The van der Waals surface area contributed by atoms with Gasteiger partial charge in [-0.1, -0.05) is 52.9 Å². The van der Waals surface area contributed by atoms with Crippen LogP contribution in [-0.2, 0) is 0 Å². The minimum Gasteiger partial charge on any atom is -0.385 e. The van der Waals surface area contributed by atoms with Crippen molar-refractivity contribution in [3.63, 3.8) is 0 Å². The van der Waals surface area contributed by atoms with Crippen LogP contribution in [0.2, 0.25) is 19.6 Å². The molecule has 0 aliphatic rings. The van der Waals surface area contributed by atoms with Crippen molar-refractivity contribution >= 4 is 8.07 Å². The summed E-state index contributed by atoms with van der Waals surface area (Å²) in [5, 5.41) is 11.8. The van der Waals surface area contributed by atoms with E-state index in [0.29, 0.717) is 0 Å². The zero-order valence-corrected chi connectivity index (χ0v) is 12.0. The Morgan fingerprint density at radius 2 is 1.60 bits per heavy atom. The van der Waals surface area contributed by atoms with Crippen LogP contribution in [0.5, 0.6) is 0 Å². The van der Waals surface area contributed by atoms with Gasteiger partial charge in [-0.25, -0.2) is 0 Å². The predicted octanol–water partition coefficient (Wildman–Crippen LogP) is 3.91. The van der Waals surface area contributed by atoms with Crippen molar-refractivity contribution in [2.75, 3.05) is 0 Å². The summed E-state index contributed by atoms with van der Waals surface area (Å²) < 4.78 is 0. The first-order chi connectivity index (χ1) is 6.81. The van der Waals surface area contributed by atoms with E-state index in [0.717, 1.165) is 30.9 Å². The number of rotatable bonds is 6. The van der Waals surface area contributed by atoms with Crippen LogP contribution in [-0.4, -0.2) is 18.8 Å². The molecule has 1 nitrogen and oxygen atoms in total. The normalized spacial score (nSPS) is 12.4. The van der Waals surface area contributed by atoms with E-state index in [1.165, 1.54) is 0 Å². The molecule has 2 heteroatoms. The number of aliphatic hydroxyl groups is 1. The molecule has 0 fully saturated rings. The SMILES string of the molecule is C=C=C(C(O)(CCC)CCC)[Si](C)(C)C. The Morgan fingerprint density at radius 1 is 1.20 bits per heavy atom. The lowest BCUT2D eigenvalue weighted by Gasteiger charge is -2.35. The lowest BCUT2D eigenvalue weighted by molar-refractivity contribution is 0.0647. The highest BCUT2D eigenvalue weighted by molar-refractivity contribution is 6.83. The molecular formula is C13H26OSi. The first kappa shape index (κ1) is 14.7. The average Bonchev–Trinajstić information content (AvgIpc) is 2.02. The molecule has 0 aromatic carbocycles. The van der Waals surface area contributed by atoms with Gasteiger partial charge in [0, 0.05) is 0 Å². The Balaban J connectivity index is 5.13. The first-order valence-corrected chi connectivity index (χ1v) is 9.45.